The highest BCUT2D eigenvalue weighted by atomic mass is 16.6. The third-order valence-electron chi connectivity index (χ3n) is 4.05. The van der Waals surface area contributed by atoms with Crippen LogP contribution in [0.4, 0.5) is 9.59 Å². The molecule has 0 radical (unpaired) electrons. The highest BCUT2D eigenvalue weighted by Crippen LogP contribution is 2.20. The van der Waals surface area contributed by atoms with Gasteiger partial charge in [0.15, 0.2) is 0 Å². The first-order valence-electron chi connectivity index (χ1n) is 8.85. The van der Waals surface area contributed by atoms with Crippen molar-refractivity contribution in [1.29, 1.82) is 0 Å². The number of piperidine rings is 1. The molecule has 2 amide bonds. The molecule has 1 heterocycles. The predicted octanol–water partition coefficient (Wildman–Crippen LogP) is 2.77. The molecular formula is C19H26N2O6. The number of carbonyl (C=O) groups is 3. The van der Waals surface area contributed by atoms with Gasteiger partial charge in [-0.1, -0.05) is 30.3 Å². The molecule has 8 nitrogen and oxygen atoms in total. The van der Waals surface area contributed by atoms with Crippen LogP contribution in [0.1, 0.15) is 39.2 Å². The van der Waals surface area contributed by atoms with Crippen LogP contribution in [0.5, 0.6) is 0 Å². The molecule has 2 N–H and O–H groups in total. The summed E-state index contributed by atoms with van der Waals surface area (Å²) in [6, 6.07) is 7.70. The van der Waals surface area contributed by atoms with E-state index in [-0.39, 0.29) is 25.6 Å². The standard InChI is InChI=1S/C19H26N2O6/c1-19(2,3)27-17(24)20-14-9-10-21(15(11-14)16(22)23)18(25)26-12-13-7-5-4-6-8-13/h4-8,14-15H,9-12H2,1-3H3,(H,20,24)(H,22,23)/t14-,15+/m1/s1. The first-order chi connectivity index (χ1) is 12.7. The van der Waals surface area contributed by atoms with Gasteiger partial charge in [0.2, 0.25) is 0 Å². The summed E-state index contributed by atoms with van der Waals surface area (Å²) in [5, 5.41) is 12.2. The number of benzene rings is 1. The number of aliphatic carboxylic acids is 1. The Balaban J connectivity index is 1.92. The normalized spacial score (nSPS) is 19.9. The third-order valence-corrected chi connectivity index (χ3v) is 4.05. The van der Waals surface area contributed by atoms with Crippen LogP contribution in [-0.4, -0.2) is 52.4 Å². The summed E-state index contributed by atoms with van der Waals surface area (Å²) in [6.07, 6.45) is -0.767. The van der Waals surface area contributed by atoms with Gasteiger partial charge in [0.05, 0.1) is 0 Å². The lowest BCUT2D eigenvalue weighted by Gasteiger charge is -2.36. The number of carboxylic acid groups (broad SMARTS) is 1. The van der Waals surface area contributed by atoms with E-state index in [2.05, 4.69) is 5.32 Å². The average Bonchev–Trinajstić information content (AvgIpc) is 2.58. The SMILES string of the molecule is CC(C)(C)OC(=O)N[C@@H]1CCN(C(=O)OCc2ccccc2)[C@H](C(=O)O)C1. The molecule has 2 rings (SSSR count). The smallest absolute Gasteiger partial charge is 0.410 e. The van der Waals surface area contributed by atoms with Crippen molar-refractivity contribution < 1.29 is 29.0 Å². The highest BCUT2D eigenvalue weighted by Gasteiger charge is 2.38. The van der Waals surface area contributed by atoms with Gasteiger partial charge in [-0.2, -0.15) is 0 Å². The molecule has 0 saturated carbocycles. The van der Waals surface area contributed by atoms with Gasteiger partial charge in [0, 0.05) is 12.6 Å². The van der Waals surface area contributed by atoms with Crippen molar-refractivity contribution in [1.82, 2.24) is 10.2 Å². The molecule has 1 fully saturated rings. The van der Waals surface area contributed by atoms with E-state index in [0.717, 1.165) is 5.56 Å². The summed E-state index contributed by atoms with van der Waals surface area (Å²) in [4.78, 5) is 37.0. The Morgan fingerprint density at radius 3 is 2.48 bits per heavy atom. The van der Waals surface area contributed by atoms with Gasteiger partial charge in [-0.25, -0.2) is 14.4 Å². The van der Waals surface area contributed by atoms with Crippen LogP contribution in [0, 0.1) is 0 Å². The number of rotatable bonds is 4. The summed E-state index contributed by atoms with van der Waals surface area (Å²) in [7, 11) is 0. The third kappa shape index (κ3) is 6.47. The molecule has 148 valence electrons. The number of carbonyl (C=O) groups excluding carboxylic acids is 2. The maximum absolute atomic E-state index is 12.3. The van der Waals surface area contributed by atoms with E-state index in [9.17, 15) is 19.5 Å². The number of nitrogens with zero attached hydrogens (tertiary/aromatic N) is 1. The number of alkyl carbamates (subject to hydrolysis) is 1. The van der Waals surface area contributed by atoms with Crippen LogP contribution < -0.4 is 5.32 Å². The lowest BCUT2D eigenvalue weighted by atomic mass is 9.97. The Bertz CT molecular complexity index is 671. The Morgan fingerprint density at radius 1 is 1.22 bits per heavy atom. The fourth-order valence-corrected chi connectivity index (χ4v) is 2.83. The Labute approximate surface area is 158 Å². The predicted molar refractivity (Wildman–Crippen MR) is 97.1 cm³/mol. The first kappa shape index (κ1) is 20.5. The average molecular weight is 378 g/mol. The molecule has 1 aliphatic rings. The molecule has 0 bridgehead atoms. The van der Waals surface area contributed by atoms with Crippen LogP contribution in [0.3, 0.4) is 0 Å². The fourth-order valence-electron chi connectivity index (χ4n) is 2.83. The molecular weight excluding hydrogens is 352 g/mol. The quantitative estimate of drug-likeness (QED) is 0.835. The molecule has 1 aromatic carbocycles. The Kier molecular flexibility index (Phi) is 6.65. The molecule has 0 spiro atoms. The van der Waals surface area contributed by atoms with Gasteiger partial charge < -0.3 is 19.9 Å². The van der Waals surface area contributed by atoms with Crippen molar-refractivity contribution in [3.63, 3.8) is 0 Å². The summed E-state index contributed by atoms with van der Waals surface area (Å²) >= 11 is 0. The van der Waals surface area contributed by atoms with Gasteiger partial charge in [-0.15, -0.1) is 0 Å². The molecule has 0 aromatic heterocycles. The molecule has 0 unspecified atom stereocenters. The summed E-state index contributed by atoms with van der Waals surface area (Å²) in [5.74, 6) is -1.14. The zero-order valence-electron chi connectivity index (χ0n) is 15.8. The fraction of sp³-hybridized carbons (Fsp3) is 0.526. The van der Waals surface area contributed by atoms with Gasteiger partial charge in [-0.3, -0.25) is 4.90 Å². The molecule has 1 aliphatic heterocycles. The molecule has 27 heavy (non-hydrogen) atoms. The molecule has 0 aliphatic carbocycles. The molecule has 1 saturated heterocycles. The summed E-state index contributed by atoms with van der Waals surface area (Å²) < 4.78 is 10.4. The number of carboxylic acids is 1. The van der Waals surface area contributed by atoms with Gasteiger partial charge in [-0.05, 0) is 39.2 Å². The molecule has 1 aromatic rings. The number of likely N-dealkylation sites (tertiary alicyclic amines) is 1. The lowest BCUT2D eigenvalue weighted by Crippen LogP contribution is -2.55. The summed E-state index contributed by atoms with van der Waals surface area (Å²) in [6.45, 7) is 5.49. The van der Waals surface area contributed by atoms with Crippen LogP contribution in [0.15, 0.2) is 30.3 Å². The van der Waals surface area contributed by atoms with E-state index < -0.39 is 29.8 Å². The lowest BCUT2D eigenvalue weighted by molar-refractivity contribution is -0.144. The van der Waals surface area contributed by atoms with Crippen molar-refractivity contribution in [2.75, 3.05) is 6.54 Å². The monoisotopic (exact) mass is 378 g/mol. The topological polar surface area (TPSA) is 105 Å². The van der Waals surface area contributed by atoms with E-state index in [1.165, 1.54) is 4.90 Å². The van der Waals surface area contributed by atoms with Crippen molar-refractivity contribution in [2.24, 2.45) is 0 Å². The second-order valence-corrected chi connectivity index (χ2v) is 7.46. The van der Waals surface area contributed by atoms with E-state index in [4.69, 9.17) is 9.47 Å². The minimum atomic E-state index is -1.14. The molecule has 8 heteroatoms. The minimum absolute atomic E-state index is 0.0715. The van der Waals surface area contributed by atoms with E-state index in [0.29, 0.717) is 6.42 Å². The van der Waals surface area contributed by atoms with Crippen LogP contribution >= 0.6 is 0 Å². The van der Waals surface area contributed by atoms with Crippen molar-refractivity contribution >= 4 is 18.2 Å². The number of hydrogen-bond donors (Lipinski definition) is 2. The van der Waals surface area contributed by atoms with E-state index >= 15 is 0 Å². The number of amides is 2. The molecule has 2 atom stereocenters. The number of nitrogens with one attached hydrogen (secondary N) is 1. The van der Waals surface area contributed by atoms with Crippen LogP contribution in [0.25, 0.3) is 0 Å². The minimum Gasteiger partial charge on any atom is -0.480 e. The number of hydrogen-bond acceptors (Lipinski definition) is 5. The zero-order chi connectivity index (χ0) is 20.0. The maximum atomic E-state index is 12.3. The van der Waals surface area contributed by atoms with Crippen LogP contribution in [0.2, 0.25) is 0 Å². The van der Waals surface area contributed by atoms with Crippen LogP contribution in [-0.2, 0) is 20.9 Å². The van der Waals surface area contributed by atoms with Crippen molar-refractivity contribution in [3.8, 4) is 0 Å². The maximum Gasteiger partial charge on any atom is 0.410 e. The zero-order valence-corrected chi connectivity index (χ0v) is 15.8. The van der Waals surface area contributed by atoms with Gasteiger partial charge in [0.25, 0.3) is 0 Å². The highest BCUT2D eigenvalue weighted by molar-refractivity contribution is 5.80. The first-order valence-corrected chi connectivity index (χ1v) is 8.85. The second kappa shape index (κ2) is 8.75. The Hall–Kier alpha value is -2.77. The van der Waals surface area contributed by atoms with E-state index in [1.54, 1.807) is 20.8 Å². The van der Waals surface area contributed by atoms with Gasteiger partial charge >= 0.3 is 18.2 Å². The van der Waals surface area contributed by atoms with Gasteiger partial charge in [0.1, 0.15) is 18.2 Å². The number of ether oxygens (including phenoxy) is 2. The summed E-state index contributed by atoms with van der Waals surface area (Å²) in [5.41, 5.74) is 0.178. The largest absolute Gasteiger partial charge is 0.480 e. The van der Waals surface area contributed by atoms with Crippen molar-refractivity contribution in [2.45, 2.75) is 57.9 Å². The Morgan fingerprint density at radius 2 is 1.89 bits per heavy atom. The van der Waals surface area contributed by atoms with Crippen molar-refractivity contribution in [3.05, 3.63) is 35.9 Å². The second-order valence-electron chi connectivity index (χ2n) is 7.46. The van der Waals surface area contributed by atoms with E-state index in [1.807, 2.05) is 30.3 Å².